The van der Waals surface area contributed by atoms with Gasteiger partial charge in [0.05, 0.1) is 6.61 Å². The van der Waals surface area contributed by atoms with E-state index in [0.717, 1.165) is 57.3 Å². The highest BCUT2D eigenvalue weighted by atomic mass is 16.5. The third-order valence-electron chi connectivity index (χ3n) is 6.69. The Hall–Kier alpha value is -1.79. The van der Waals surface area contributed by atoms with Gasteiger partial charge in [-0.15, -0.1) is 0 Å². The molecule has 2 aliphatic heterocycles. The molecular weight excluding hydrogens is 388 g/mol. The molecule has 0 saturated carbocycles. The molecule has 31 heavy (non-hydrogen) atoms. The molecule has 2 aliphatic rings. The molecule has 0 atom stereocenters. The molecule has 2 N–H and O–H groups in total. The first-order valence-corrected chi connectivity index (χ1v) is 12.2. The summed E-state index contributed by atoms with van der Waals surface area (Å²) in [5, 5.41) is 7.12. The Balaban J connectivity index is 1.50. The number of benzene rings is 1. The molecule has 1 aromatic carbocycles. The van der Waals surface area contributed by atoms with Gasteiger partial charge in [-0.1, -0.05) is 25.0 Å². The molecule has 6 heteroatoms. The number of rotatable bonds is 9. The zero-order chi connectivity index (χ0) is 21.8. The molecule has 2 fully saturated rings. The first-order chi connectivity index (χ1) is 15.3. The number of guanidine groups is 1. The van der Waals surface area contributed by atoms with E-state index in [2.05, 4.69) is 44.8 Å². The SMILES string of the molecule is CCOc1ccc(C2(CNC(=NC)NCCCN3CCCCCC3)CCOCC2)cc1. The van der Waals surface area contributed by atoms with Crippen LogP contribution in [0.3, 0.4) is 0 Å². The Kier molecular flexibility index (Phi) is 9.94. The molecule has 0 bridgehead atoms. The standard InChI is InChI=1S/C25H42N4O2/c1-3-31-23-11-9-22(10-12-23)25(13-19-30-20-14-25)21-28-24(26-2)27-15-8-18-29-16-6-4-5-7-17-29/h9-12H,3-8,13-21H2,1-2H3,(H2,26,27,28). The van der Waals surface area contributed by atoms with Gasteiger partial charge >= 0.3 is 0 Å². The normalized spacial score (nSPS) is 20.1. The van der Waals surface area contributed by atoms with Gasteiger partial charge in [0, 0.05) is 38.8 Å². The number of hydrogen-bond donors (Lipinski definition) is 2. The molecule has 0 aromatic heterocycles. The van der Waals surface area contributed by atoms with Crippen molar-refractivity contribution in [2.75, 3.05) is 59.6 Å². The van der Waals surface area contributed by atoms with Gasteiger partial charge < -0.3 is 25.0 Å². The van der Waals surface area contributed by atoms with Crippen molar-refractivity contribution < 1.29 is 9.47 Å². The zero-order valence-electron chi connectivity index (χ0n) is 19.6. The molecule has 0 radical (unpaired) electrons. The molecule has 0 unspecified atom stereocenters. The van der Waals surface area contributed by atoms with Gasteiger partial charge in [-0.25, -0.2) is 0 Å². The molecule has 0 amide bonds. The first kappa shape index (κ1) is 23.9. The van der Waals surface area contributed by atoms with Crippen LogP contribution in [-0.4, -0.2) is 70.5 Å². The highest BCUT2D eigenvalue weighted by Gasteiger charge is 2.34. The van der Waals surface area contributed by atoms with Gasteiger partial charge in [0.25, 0.3) is 0 Å². The summed E-state index contributed by atoms with van der Waals surface area (Å²) in [5.41, 5.74) is 1.41. The van der Waals surface area contributed by atoms with Crippen LogP contribution in [0.5, 0.6) is 5.75 Å². The Morgan fingerprint density at radius 2 is 1.77 bits per heavy atom. The van der Waals surface area contributed by atoms with Crippen molar-refractivity contribution in [1.29, 1.82) is 0 Å². The maximum atomic E-state index is 5.68. The van der Waals surface area contributed by atoms with E-state index in [1.54, 1.807) is 0 Å². The van der Waals surface area contributed by atoms with Crippen LogP contribution in [0.25, 0.3) is 0 Å². The van der Waals surface area contributed by atoms with Crippen LogP contribution in [0.4, 0.5) is 0 Å². The molecule has 3 rings (SSSR count). The number of hydrogen-bond acceptors (Lipinski definition) is 4. The second-order valence-electron chi connectivity index (χ2n) is 8.81. The number of nitrogens with zero attached hydrogens (tertiary/aromatic N) is 2. The average molecular weight is 431 g/mol. The fourth-order valence-corrected chi connectivity index (χ4v) is 4.74. The van der Waals surface area contributed by atoms with Gasteiger partial charge in [-0.2, -0.15) is 0 Å². The lowest BCUT2D eigenvalue weighted by molar-refractivity contribution is 0.0513. The molecule has 6 nitrogen and oxygen atoms in total. The lowest BCUT2D eigenvalue weighted by Gasteiger charge is -2.38. The summed E-state index contributed by atoms with van der Waals surface area (Å²) in [5.74, 6) is 1.83. The smallest absolute Gasteiger partial charge is 0.191 e. The predicted octanol–water partition coefficient (Wildman–Crippen LogP) is 3.56. The molecule has 2 heterocycles. The number of nitrogens with one attached hydrogen (secondary N) is 2. The number of likely N-dealkylation sites (tertiary alicyclic amines) is 1. The third-order valence-corrected chi connectivity index (χ3v) is 6.69. The van der Waals surface area contributed by atoms with E-state index < -0.39 is 0 Å². The molecular formula is C25H42N4O2. The van der Waals surface area contributed by atoms with Crippen molar-refractivity contribution in [3.8, 4) is 5.75 Å². The highest BCUT2D eigenvalue weighted by molar-refractivity contribution is 5.79. The topological polar surface area (TPSA) is 58.1 Å². The van der Waals surface area contributed by atoms with Crippen LogP contribution in [-0.2, 0) is 10.2 Å². The Labute approximate surface area is 188 Å². The van der Waals surface area contributed by atoms with E-state index in [0.29, 0.717) is 6.61 Å². The maximum Gasteiger partial charge on any atom is 0.191 e. The van der Waals surface area contributed by atoms with E-state index >= 15 is 0 Å². The average Bonchev–Trinajstić information content (AvgIpc) is 3.09. The monoisotopic (exact) mass is 430 g/mol. The van der Waals surface area contributed by atoms with Gasteiger partial charge in [0.2, 0.25) is 0 Å². The summed E-state index contributed by atoms with van der Waals surface area (Å²) in [4.78, 5) is 7.08. The van der Waals surface area contributed by atoms with E-state index in [4.69, 9.17) is 9.47 Å². The second-order valence-corrected chi connectivity index (χ2v) is 8.81. The zero-order valence-corrected chi connectivity index (χ0v) is 19.6. The quantitative estimate of drug-likeness (QED) is 0.356. The summed E-state index contributed by atoms with van der Waals surface area (Å²) < 4.78 is 11.3. The lowest BCUT2D eigenvalue weighted by atomic mass is 9.74. The first-order valence-electron chi connectivity index (χ1n) is 12.2. The van der Waals surface area contributed by atoms with E-state index in [1.807, 2.05) is 14.0 Å². The van der Waals surface area contributed by atoms with Gasteiger partial charge in [-0.3, -0.25) is 4.99 Å². The van der Waals surface area contributed by atoms with Crippen LogP contribution in [0.2, 0.25) is 0 Å². The van der Waals surface area contributed by atoms with E-state index in [-0.39, 0.29) is 5.41 Å². The summed E-state index contributed by atoms with van der Waals surface area (Å²) >= 11 is 0. The van der Waals surface area contributed by atoms with Gasteiger partial charge in [0.15, 0.2) is 5.96 Å². The van der Waals surface area contributed by atoms with Crippen molar-refractivity contribution in [1.82, 2.24) is 15.5 Å². The lowest BCUT2D eigenvalue weighted by Crippen LogP contribution is -2.48. The number of aliphatic imine (C=N–C) groups is 1. The molecule has 0 aliphatic carbocycles. The maximum absolute atomic E-state index is 5.68. The fraction of sp³-hybridized carbons (Fsp3) is 0.720. The number of ether oxygens (including phenoxy) is 2. The minimum atomic E-state index is 0.0622. The summed E-state index contributed by atoms with van der Waals surface area (Å²) in [7, 11) is 1.86. The molecule has 174 valence electrons. The Morgan fingerprint density at radius 3 is 2.42 bits per heavy atom. The van der Waals surface area contributed by atoms with Crippen LogP contribution in [0.1, 0.15) is 57.4 Å². The van der Waals surface area contributed by atoms with Crippen LogP contribution < -0.4 is 15.4 Å². The van der Waals surface area contributed by atoms with Crippen LogP contribution >= 0.6 is 0 Å². The Bertz CT molecular complexity index is 648. The largest absolute Gasteiger partial charge is 0.494 e. The predicted molar refractivity (Wildman–Crippen MR) is 128 cm³/mol. The van der Waals surface area contributed by atoms with Gasteiger partial charge in [-0.05, 0) is 76.4 Å². The van der Waals surface area contributed by atoms with Gasteiger partial charge in [0.1, 0.15) is 5.75 Å². The highest BCUT2D eigenvalue weighted by Crippen LogP contribution is 2.35. The molecule has 1 aromatic rings. The van der Waals surface area contributed by atoms with Crippen LogP contribution in [0, 0.1) is 0 Å². The van der Waals surface area contributed by atoms with Crippen molar-refractivity contribution in [2.24, 2.45) is 4.99 Å². The molecule has 0 spiro atoms. The third kappa shape index (κ3) is 7.39. The summed E-state index contributed by atoms with van der Waals surface area (Å²) in [6.07, 6.45) is 8.68. The Morgan fingerprint density at radius 1 is 1.06 bits per heavy atom. The second kappa shape index (κ2) is 12.9. The van der Waals surface area contributed by atoms with Crippen molar-refractivity contribution in [2.45, 2.75) is 57.3 Å². The molecule has 2 saturated heterocycles. The van der Waals surface area contributed by atoms with Crippen LogP contribution in [0.15, 0.2) is 29.3 Å². The van der Waals surface area contributed by atoms with Crippen molar-refractivity contribution >= 4 is 5.96 Å². The van der Waals surface area contributed by atoms with E-state index in [9.17, 15) is 0 Å². The van der Waals surface area contributed by atoms with Crippen molar-refractivity contribution in [3.63, 3.8) is 0 Å². The van der Waals surface area contributed by atoms with Crippen molar-refractivity contribution in [3.05, 3.63) is 29.8 Å². The summed E-state index contributed by atoms with van der Waals surface area (Å²) in [6.45, 7) is 9.83. The minimum absolute atomic E-state index is 0.0622. The minimum Gasteiger partial charge on any atom is -0.494 e. The summed E-state index contributed by atoms with van der Waals surface area (Å²) in [6, 6.07) is 8.61. The fourth-order valence-electron chi connectivity index (χ4n) is 4.74. The van der Waals surface area contributed by atoms with E-state index in [1.165, 1.54) is 50.9 Å².